The van der Waals surface area contributed by atoms with Crippen LogP contribution in [0.25, 0.3) is 17.1 Å². The molecular weight excluding hydrogens is 374 g/mol. The van der Waals surface area contributed by atoms with Crippen molar-refractivity contribution in [3.8, 4) is 22.8 Å². The third-order valence-corrected chi connectivity index (χ3v) is 5.56. The molecule has 1 aliphatic heterocycles. The predicted octanol–water partition coefficient (Wildman–Crippen LogP) is 3.05. The second-order valence-electron chi connectivity index (χ2n) is 6.46. The van der Waals surface area contributed by atoms with Crippen LogP contribution in [-0.4, -0.2) is 56.5 Å². The van der Waals surface area contributed by atoms with Gasteiger partial charge >= 0.3 is 0 Å². The van der Waals surface area contributed by atoms with Crippen LogP contribution in [0, 0.1) is 0 Å². The second-order valence-corrected chi connectivity index (χ2v) is 7.40. The Morgan fingerprint density at radius 2 is 2.04 bits per heavy atom. The van der Waals surface area contributed by atoms with Gasteiger partial charge in [-0.3, -0.25) is 14.3 Å². The van der Waals surface area contributed by atoms with Gasteiger partial charge in [0.2, 0.25) is 5.91 Å². The number of nitrogens with zero attached hydrogens (tertiary/aromatic N) is 5. The molecule has 0 spiro atoms. The molecule has 0 saturated carbocycles. The van der Waals surface area contributed by atoms with E-state index in [0.717, 1.165) is 42.9 Å². The van der Waals surface area contributed by atoms with E-state index in [-0.39, 0.29) is 5.91 Å². The Hall–Kier alpha value is -2.87. The number of aromatic nitrogens is 4. The topological polar surface area (TPSA) is 73.1 Å². The minimum atomic E-state index is 0.144. The first-order valence-electron chi connectivity index (χ1n) is 9.17. The minimum Gasteiger partial charge on any atom is -0.497 e. The van der Waals surface area contributed by atoms with Crippen LogP contribution in [0.4, 0.5) is 0 Å². The summed E-state index contributed by atoms with van der Waals surface area (Å²) in [6.45, 7) is 1.70. The lowest BCUT2D eigenvalue weighted by Gasteiger charge is -2.15. The monoisotopic (exact) mass is 395 g/mol. The number of ether oxygens (including phenoxy) is 1. The van der Waals surface area contributed by atoms with Crippen molar-refractivity contribution in [2.45, 2.75) is 18.0 Å². The third kappa shape index (κ3) is 3.87. The van der Waals surface area contributed by atoms with Crippen molar-refractivity contribution in [3.05, 3.63) is 48.8 Å². The van der Waals surface area contributed by atoms with Gasteiger partial charge < -0.3 is 9.64 Å². The van der Waals surface area contributed by atoms with Crippen LogP contribution in [0.2, 0.25) is 0 Å². The summed E-state index contributed by atoms with van der Waals surface area (Å²) in [5.74, 6) is 1.91. The molecule has 28 heavy (non-hydrogen) atoms. The van der Waals surface area contributed by atoms with E-state index in [1.54, 1.807) is 19.5 Å². The number of rotatable bonds is 6. The predicted molar refractivity (Wildman–Crippen MR) is 108 cm³/mol. The van der Waals surface area contributed by atoms with Gasteiger partial charge in [0.05, 0.1) is 18.6 Å². The van der Waals surface area contributed by atoms with Crippen molar-refractivity contribution < 1.29 is 9.53 Å². The van der Waals surface area contributed by atoms with Crippen molar-refractivity contribution in [3.63, 3.8) is 0 Å². The maximum Gasteiger partial charge on any atom is 0.233 e. The standard InChI is InChI=1S/C20H21N5O2S/c1-27-17-8-4-7-16(12-17)25-19(15-6-5-9-21-13-15)22-23-20(25)28-14-18(26)24-10-2-3-11-24/h4-9,12-13H,2-3,10-11,14H2,1H3. The molecule has 1 amide bonds. The van der Waals surface area contributed by atoms with E-state index >= 15 is 0 Å². The highest BCUT2D eigenvalue weighted by atomic mass is 32.2. The van der Waals surface area contributed by atoms with Crippen molar-refractivity contribution in [1.29, 1.82) is 0 Å². The Morgan fingerprint density at radius 1 is 1.18 bits per heavy atom. The fourth-order valence-electron chi connectivity index (χ4n) is 3.21. The van der Waals surface area contributed by atoms with Crippen LogP contribution in [0.15, 0.2) is 53.9 Å². The lowest BCUT2D eigenvalue weighted by molar-refractivity contribution is -0.127. The first-order chi connectivity index (χ1) is 13.8. The molecule has 1 fully saturated rings. The van der Waals surface area contributed by atoms with Crippen LogP contribution in [0.5, 0.6) is 5.75 Å². The number of pyridine rings is 1. The molecule has 7 nitrogen and oxygen atoms in total. The molecule has 0 N–H and O–H groups in total. The van der Waals surface area contributed by atoms with E-state index in [1.165, 1.54) is 11.8 Å². The Morgan fingerprint density at radius 3 is 2.79 bits per heavy atom. The number of hydrogen-bond donors (Lipinski definition) is 0. The van der Waals surface area contributed by atoms with Crippen LogP contribution in [0.3, 0.4) is 0 Å². The zero-order valence-corrected chi connectivity index (χ0v) is 16.4. The number of carbonyl (C=O) groups is 1. The first-order valence-corrected chi connectivity index (χ1v) is 10.2. The summed E-state index contributed by atoms with van der Waals surface area (Å²) in [6.07, 6.45) is 5.65. The molecule has 2 aromatic heterocycles. The zero-order valence-electron chi connectivity index (χ0n) is 15.6. The van der Waals surface area contributed by atoms with Crippen molar-refractivity contribution in [2.75, 3.05) is 26.0 Å². The quantitative estimate of drug-likeness (QED) is 0.598. The Labute approximate surface area is 167 Å². The molecule has 1 saturated heterocycles. The summed E-state index contributed by atoms with van der Waals surface area (Å²) in [4.78, 5) is 18.6. The van der Waals surface area contributed by atoms with Crippen molar-refractivity contribution in [1.82, 2.24) is 24.6 Å². The first kappa shape index (κ1) is 18.5. The lowest BCUT2D eigenvalue weighted by Crippen LogP contribution is -2.29. The number of hydrogen-bond acceptors (Lipinski definition) is 6. The smallest absolute Gasteiger partial charge is 0.233 e. The molecule has 4 rings (SSSR count). The van der Waals surface area contributed by atoms with Crippen LogP contribution >= 0.6 is 11.8 Å². The summed E-state index contributed by atoms with van der Waals surface area (Å²) in [5, 5.41) is 9.41. The highest BCUT2D eigenvalue weighted by Crippen LogP contribution is 2.29. The van der Waals surface area contributed by atoms with Gasteiger partial charge in [0.1, 0.15) is 5.75 Å². The average molecular weight is 395 g/mol. The maximum absolute atomic E-state index is 12.5. The molecule has 8 heteroatoms. The van der Waals surface area contributed by atoms with Gasteiger partial charge in [0.15, 0.2) is 11.0 Å². The summed E-state index contributed by atoms with van der Waals surface area (Å²) < 4.78 is 7.32. The molecule has 0 radical (unpaired) electrons. The van der Waals surface area contributed by atoms with E-state index < -0.39 is 0 Å². The number of carbonyl (C=O) groups excluding carboxylic acids is 1. The van der Waals surface area contributed by atoms with Gasteiger partial charge in [0, 0.05) is 37.1 Å². The zero-order chi connectivity index (χ0) is 19.3. The van der Waals surface area contributed by atoms with Crippen LogP contribution in [-0.2, 0) is 4.79 Å². The number of thioether (sulfide) groups is 1. The van der Waals surface area contributed by atoms with Gasteiger partial charge in [-0.1, -0.05) is 17.8 Å². The van der Waals surface area contributed by atoms with Crippen LogP contribution < -0.4 is 4.74 Å². The van der Waals surface area contributed by atoms with Crippen LogP contribution in [0.1, 0.15) is 12.8 Å². The molecule has 3 aromatic rings. The Bertz CT molecular complexity index is 954. The maximum atomic E-state index is 12.5. The molecule has 1 aromatic carbocycles. The largest absolute Gasteiger partial charge is 0.497 e. The van der Waals surface area contributed by atoms with Gasteiger partial charge in [-0.15, -0.1) is 10.2 Å². The highest BCUT2D eigenvalue weighted by molar-refractivity contribution is 7.99. The molecule has 0 aliphatic carbocycles. The van der Waals surface area contributed by atoms with E-state index in [2.05, 4.69) is 15.2 Å². The van der Waals surface area contributed by atoms with E-state index in [1.807, 2.05) is 45.9 Å². The molecule has 0 bridgehead atoms. The lowest BCUT2D eigenvalue weighted by atomic mass is 10.2. The molecule has 0 unspecified atom stereocenters. The normalized spacial score (nSPS) is 13.7. The van der Waals surface area contributed by atoms with Gasteiger partial charge in [0.25, 0.3) is 0 Å². The third-order valence-electron chi connectivity index (χ3n) is 4.65. The van der Waals surface area contributed by atoms with Gasteiger partial charge in [-0.2, -0.15) is 0 Å². The number of amides is 1. The van der Waals surface area contributed by atoms with E-state index in [9.17, 15) is 4.79 Å². The molecule has 1 aliphatic rings. The molecule has 144 valence electrons. The summed E-state index contributed by atoms with van der Waals surface area (Å²) in [7, 11) is 1.64. The number of benzene rings is 1. The van der Waals surface area contributed by atoms with Gasteiger partial charge in [-0.05, 0) is 37.1 Å². The SMILES string of the molecule is COc1cccc(-n2c(SCC(=O)N3CCCC3)nnc2-c2cccnc2)c1. The molecule has 0 atom stereocenters. The Kier molecular flexibility index (Phi) is 5.57. The highest BCUT2D eigenvalue weighted by Gasteiger charge is 2.21. The van der Waals surface area contributed by atoms with Crippen molar-refractivity contribution in [2.24, 2.45) is 0 Å². The molecule has 3 heterocycles. The summed E-state index contributed by atoms with van der Waals surface area (Å²) in [5.41, 5.74) is 1.73. The fourth-order valence-corrected chi connectivity index (χ4v) is 4.07. The summed E-state index contributed by atoms with van der Waals surface area (Å²) >= 11 is 1.40. The second kappa shape index (κ2) is 8.43. The fraction of sp³-hybridized carbons (Fsp3) is 0.300. The Balaban J connectivity index is 1.67. The molecular formula is C20H21N5O2S. The minimum absolute atomic E-state index is 0.144. The van der Waals surface area contributed by atoms with Crippen molar-refractivity contribution >= 4 is 17.7 Å². The van der Waals surface area contributed by atoms with E-state index in [0.29, 0.717) is 16.7 Å². The average Bonchev–Trinajstić information content (AvgIpc) is 3.43. The van der Waals surface area contributed by atoms with Gasteiger partial charge in [-0.25, -0.2) is 0 Å². The van der Waals surface area contributed by atoms with E-state index in [4.69, 9.17) is 4.74 Å². The number of methoxy groups -OCH3 is 1. The number of likely N-dealkylation sites (tertiary alicyclic amines) is 1. The summed E-state index contributed by atoms with van der Waals surface area (Å²) in [6, 6.07) is 11.5.